The Morgan fingerprint density at radius 3 is 2.57 bits per heavy atom. The first-order valence-electron chi connectivity index (χ1n) is 11.4. The molecule has 1 aliphatic carbocycles. The topological polar surface area (TPSA) is 79.7 Å². The maximum Gasteiger partial charge on any atom is 0.254 e. The van der Waals surface area contributed by atoms with Crippen molar-refractivity contribution >= 4 is 11.8 Å². The molecular formula is C22H35N5O3. The van der Waals surface area contributed by atoms with Crippen LogP contribution in [0, 0.1) is 5.92 Å². The predicted octanol–water partition coefficient (Wildman–Crippen LogP) is 1.69. The van der Waals surface area contributed by atoms with Crippen molar-refractivity contribution in [2.24, 2.45) is 5.92 Å². The zero-order valence-corrected chi connectivity index (χ0v) is 18.3. The highest BCUT2D eigenvalue weighted by molar-refractivity contribution is 5.93. The first kappa shape index (κ1) is 21.3. The van der Waals surface area contributed by atoms with Gasteiger partial charge in [-0.15, -0.1) is 0 Å². The second-order valence-electron chi connectivity index (χ2n) is 9.24. The highest BCUT2D eigenvalue weighted by Gasteiger charge is 2.38. The summed E-state index contributed by atoms with van der Waals surface area (Å²) in [5, 5.41) is 7.37. The number of rotatable bonds is 8. The summed E-state index contributed by atoms with van der Waals surface area (Å²) in [5.74, 6) is 0.933. The number of hydrogen-bond donors (Lipinski definition) is 1. The molecule has 1 aromatic rings. The first-order chi connectivity index (χ1) is 14.5. The molecule has 2 amide bonds. The molecular weight excluding hydrogens is 382 g/mol. The van der Waals surface area contributed by atoms with Gasteiger partial charge in [0.1, 0.15) is 0 Å². The van der Waals surface area contributed by atoms with Gasteiger partial charge in [0, 0.05) is 56.9 Å². The van der Waals surface area contributed by atoms with Crippen molar-refractivity contribution in [2.75, 3.05) is 39.4 Å². The van der Waals surface area contributed by atoms with Crippen LogP contribution in [-0.4, -0.2) is 82.9 Å². The number of carbonyl (C=O) groups is 2. The molecule has 3 fully saturated rings. The fourth-order valence-corrected chi connectivity index (χ4v) is 4.54. The average molecular weight is 418 g/mol. The SMILES string of the molecule is CC(C)n1cc(C(=O)NC[C@@H]2CC[C@H](CC(=O)N3CCOCC3)N2CC2CC2)cn1. The van der Waals surface area contributed by atoms with Gasteiger partial charge in [-0.3, -0.25) is 19.2 Å². The number of morpholine rings is 1. The number of likely N-dealkylation sites (tertiary alicyclic amines) is 1. The summed E-state index contributed by atoms with van der Waals surface area (Å²) in [7, 11) is 0. The van der Waals surface area contributed by atoms with Crippen molar-refractivity contribution in [3.05, 3.63) is 18.0 Å². The van der Waals surface area contributed by atoms with Gasteiger partial charge in [-0.1, -0.05) is 0 Å². The molecule has 2 aliphatic heterocycles. The van der Waals surface area contributed by atoms with E-state index >= 15 is 0 Å². The van der Waals surface area contributed by atoms with Crippen LogP contribution in [0.25, 0.3) is 0 Å². The number of carbonyl (C=O) groups excluding carboxylic acids is 2. The van der Waals surface area contributed by atoms with Crippen LogP contribution in [0.4, 0.5) is 0 Å². The molecule has 0 aromatic carbocycles. The molecule has 1 saturated carbocycles. The van der Waals surface area contributed by atoms with Crippen molar-refractivity contribution < 1.29 is 14.3 Å². The normalized spacial score (nSPS) is 25.1. The highest BCUT2D eigenvalue weighted by atomic mass is 16.5. The van der Waals surface area contributed by atoms with Crippen LogP contribution in [0.15, 0.2) is 12.4 Å². The lowest BCUT2D eigenvalue weighted by Gasteiger charge is -2.33. The maximum atomic E-state index is 12.8. The van der Waals surface area contributed by atoms with E-state index in [-0.39, 0.29) is 23.9 Å². The number of amides is 2. The molecule has 8 heteroatoms. The molecule has 166 valence electrons. The second kappa shape index (κ2) is 9.47. The van der Waals surface area contributed by atoms with E-state index in [1.807, 2.05) is 18.7 Å². The Morgan fingerprint density at radius 2 is 1.90 bits per heavy atom. The van der Waals surface area contributed by atoms with Gasteiger partial charge in [-0.05, 0) is 45.4 Å². The molecule has 1 aromatic heterocycles. The third-order valence-electron chi connectivity index (χ3n) is 6.60. The van der Waals surface area contributed by atoms with Crippen LogP contribution in [0.1, 0.15) is 62.4 Å². The molecule has 2 saturated heterocycles. The van der Waals surface area contributed by atoms with Crippen molar-refractivity contribution in [3.8, 4) is 0 Å². The fourth-order valence-electron chi connectivity index (χ4n) is 4.54. The molecule has 0 spiro atoms. The van der Waals surface area contributed by atoms with Gasteiger partial charge < -0.3 is 15.0 Å². The smallest absolute Gasteiger partial charge is 0.254 e. The summed E-state index contributed by atoms with van der Waals surface area (Å²) in [6.45, 7) is 8.46. The molecule has 4 rings (SSSR count). The Morgan fingerprint density at radius 1 is 1.17 bits per heavy atom. The van der Waals surface area contributed by atoms with Crippen molar-refractivity contribution in [1.82, 2.24) is 24.9 Å². The van der Waals surface area contributed by atoms with Gasteiger partial charge in [0.15, 0.2) is 0 Å². The number of nitrogens with zero attached hydrogens (tertiary/aromatic N) is 4. The van der Waals surface area contributed by atoms with Crippen LogP contribution in [0.3, 0.4) is 0 Å². The molecule has 0 bridgehead atoms. The van der Waals surface area contributed by atoms with E-state index in [0.29, 0.717) is 50.9 Å². The largest absolute Gasteiger partial charge is 0.378 e. The molecule has 2 atom stereocenters. The van der Waals surface area contributed by atoms with E-state index in [1.165, 1.54) is 12.8 Å². The van der Waals surface area contributed by atoms with Gasteiger partial charge >= 0.3 is 0 Å². The monoisotopic (exact) mass is 417 g/mol. The number of ether oxygens (including phenoxy) is 1. The average Bonchev–Trinajstić information content (AvgIpc) is 3.28. The Bertz CT molecular complexity index is 739. The van der Waals surface area contributed by atoms with Gasteiger partial charge in [0.2, 0.25) is 5.91 Å². The third kappa shape index (κ3) is 5.21. The van der Waals surface area contributed by atoms with Crippen LogP contribution in [0.2, 0.25) is 0 Å². The van der Waals surface area contributed by atoms with Gasteiger partial charge in [0.05, 0.1) is 25.0 Å². The fraction of sp³-hybridized carbons (Fsp3) is 0.773. The summed E-state index contributed by atoms with van der Waals surface area (Å²) < 4.78 is 7.18. The lowest BCUT2D eigenvalue weighted by Crippen LogP contribution is -2.47. The molecule has 3 heterocycles. The minimum Gasteiger partial charge on any atom is -0.378 e. The zero-order valence-electron chi connectivity index (χ0n) is 18.3. The molecule has 8 nitrogen and oxygen atoms in total. The minimum absolute atomic E-state index is 0.0684. The Hall–Kier alpha value is -1.93. The van der Waals surface area contributed by atoms with Crippen LogP contribution in [-0.2, 0) is 9.53 Å². The lowest BCUT2D eigenvalue weighted by atomic mass is 10.1. The van der Waals surface area contributed by atoms with Crippen molar-refractivity contribution in [3.63, 3.8) is 0 Å². The minimum atomic E-state index is -0.0684. The summed E-state index contributed by atoms with van der Waals surface area (Å²) in [5.41, 5.74) is 0.606. The standard InChI is InChI=1S/C22H35N5O3/c1-16(2)27-15-18(12-24-27)22(29)23-13-20-6-5-19(26(20)14-17-3-4-17)11-21(28)25-7-9-30-10-8-25/h12,15-17,19-20H,3-11,13-14H2,1-2H3,(H,23,29)/t19-,20+/m1/s1. The third-order valence-corrected chi connectivity index (χ3v) is 6.60. The van der Waals surface area contributed by atoms with E-state index in [9.17, 15) is 9.59 Å². The van der Waals surface area contributed by atoms with E-state index in [0.717, 1.165) is 25.3 Å². The van der Waals surface area contributed by atoms with Crippen LogP contribution in [0.5, 0.6) is 0 Å². The molecule has 0 unspecified atom stereocenters. The van der Waals surface area contributed by atoms with Crippen LogP contribution < -0.4 is 5.32 Å². The molecule has 30 heavy (non-hydrogen) atoms. The quantitative estimate of drug-likeness (QED) is 0.696. The summed E-state index contributed by atoms with van der Waals surface area (Å²) in [4.78, 5) is 29.8. The van der Waals surface area contributed by atoms with E-state index in [1.54, 1.807) is 17.1 Å². The van der Waals surface area contributed by atoms with Crippen molar-refractivity contribution in [1.29, 1.82) is 0 Å². The highest BCUT2D eigenvalue weighted by Crippen LogP contribution is 2.35. The number of hydrogen-bond acceptors (Lipinski definition) is 5. The number of nitrogens with one attached hydrogen (secondary N) is 1. The summed E-state index contributed by atoms with van der Waals surface area (Å²) in [6.07, 6.45) is 8.64. The van der Waals surface area contributed by atoms with E-state index in [2.05, 4.69) is 15.3 Å². The van der Waals surface area contributed by atoms with Crippen molar-refractivity contribution in [2.45, 2.75) is 64.1 Å². The molecule has 0 radical (unpaired) electrons. The van der Waals surface area contributed by atoms with E-state index < -0.39 is 0 Å². The maximum absolute atomic E-state index is 12.8. The van der Waals surface area contributed by atoms with E-state index in [4.69, 9.17) is 4.74 Å². The Balaban J connectivity index is 1.32. The first-order valence-corrected chi connectivity index (χ1v) is 11.4. The van der Waals surface area contributed by atoms with Gasteiger partial charge in [-0.2, -0.15) is 5.10 Å². The second-order valence-corrected chi connectivity index (χ2v) is 9.24. The summed E-state index contributed by atoms with van der Waals surface area (Å²) in [6, 6.07) is 0.823. The zero-order chi connectivity index (χ0) is 21.1. The van der Waals surface area contributed by atoms with Crippen LogP contribution >= 0.6 is 0 Å². The Labute approximate surface area is 178 Å². The predicted molar refractivity (Wildman–Crippen MR) is 113 cm³/mol. The lowest BCUT2D eigenvalue weighted by molar-refractivity contribution is -0.136. The molecule has 3 aliphatic rings. The summed E-state index contributed by atoms with van der Waals surface area (Å²) >= 11 is 0. The number of aromatic nitrogens is 2. The molecule has 1 N–H and O–H groups in total. The Kier molecular flexibility index (Phi) is 6.73. The van der Waals surface area contributed by atoms with Gasteiger partial charge in [0.25, 0.3) is 5.91 Å². The van der Waals surface area contributed by atoms with Gasteiger partial charge in [-0.25, -0.2) is 0 Å².